The fraction of sp³-hybridized carbons (Fsp3) is 0.455. The van der Waals surface area contributed by atoms with Gasteiger partial charge in [-0.15, -0.1) is 11.3 Å². The Morgan fingerprint density at radius 3 is 2.68 bits per heavy atom. The summed E-state index contributed by atoms with van der Waals surface area (Å²) < 4.78 is 0. The zero-order valence-electron chi connectivity index (χ0n) is 16.7. The van der Waals surface area contributed by atoms with Gasteiger partial charge < -0.3 is 10.6 Å². The standard InChI is InChI=1S/C22H29N3O2S/c1-16-9-17(2)11-19(10-16)22(27)24-13-21(26)23-12-18-5-3-7-25(14-18)15-20-6-4-8-28-20/h4,6,8-11,18H,3,5,7,12-15H2,1-2H3,(H,23,26)(H,24,27). The second kappa shape index (κ2) is 9.85. The number of carbonyl (C=O) groups is 2. The van der Waals surface area contributed by atoms with Crippen molar-refractivity contribution in [1.82, 2.24) is 15.5 Å². The van der Waals surface area contributed by atoms with Crippen LogP contribution < -0.4 is 10.6 Å². The van der Waals surface area contributed by atoms with Gasteiger partial charge in [0.2, 0.25) is 5.91 Å². The van der Waals surface area contributed by atoms with Crippen LogP contribution in [0.1, 0.15) is 39.2 Å². The van der Waals surface area contributed by atoms with E-state index >= 15 is 0 Å². The Morgan fingerprint density at radius 1 is 1.18 bits per heavy atom. The van der Waals surface area contributed by atoms with E-state index in [-0.39, 0.29) is 18.4 Å². The lowest BCUT2D eigenvalue weighted by molar-refractivity contribution is -0.120. The van der Waals surface area contributed by atoms with Crippen molar-refractivity contribution in [3.05, 3.63) is 57.3 Å². The lowest BCUT2D eigenvalue weighted by Crippen LogP contribution is -2.43. The van der Waals surface area contributed by atoms with Crippen LogP contribution in [0.5, 0.6) is 0 Å². The number of benzene rings is 1. The Hall–Kier alpha value is -2.18. The van der Waals surface area contributed by atoms with Gasteiger partial charge in [-0.05, 0) is 62.7 Å². The van der Waals surface area contributed by atoms with E-state index in [9.17, 15) is 9.59 Å². The van der Waals surface area contributed by atoms with Crippen LogP contribution in [0.4, 0.5) is 0 Å². The van der Waals surface area contributed by atoms with Gasteiger partial charge in [0.05, 0.1) is 6.54 Å². The minimum absolute atomic E-state index is 0.0114. The molecule has 6 heteroatoms. The van der Waals surface area contributed by atoms with Crippen LogP contribution in [-0.2, 0) is 11.3 Å². The van der Waals surface area contributed by atoms with Gasteiger partial charge in [0.1, 0.15) is 0 Å². The molecule has 0 radical (unpaired) electrons. The number of nitrogens with zero attached hydrogens (tertiary/aromatic N) is 1. The minimum atomic E-state index is -0.207. The quantitative estimate of drug-likeness (QED) is 0.752. The number of carbonyl (C=O) groups excluding carboxylic acids is 2. The maximum atomic E-state index is 12.3. The maximum Gasteiger partial charge on any atom is 0.251 e. The first kappa shape index (κ1) is 20.6. The van der Waals surface area contributed by atoms with Gasteiger partial charge in [-0.25, -0.2) is 0 Å². The highest BCUT2D eigenvalue weighted by atomic mass is 32.1. The lowest BCUT2D eigenvalue weighted by atomic mass is 9.98. The Labute approximate surface area is 171 Å². The van der Waals surface area contributed by atoms with Crippen LogP contribution in [0.15, 0.2) is 35.7 Å². The first-order chi connectivity index (χ1) is 13.5. The van der Waals surface area contributed by atoms with E-state index in [0.717, 1.165) is 43.6 Å². The molecule has 2 amide bonds. The molecule has 1 aromatic heterocycles. The maximum absolute atomic E-state index is 12.3. The molecule has 2 heterocycles. The molecule has 1 saturated heterocycles. The van der Waals surface area contributed by atoms with E-state index in [0.29, 0.717) is 18.0 Å². The normalized spacial score (nSPS) is 17.3. The summed E-state index contributed by atoms with van der Waals surface area (Å²) in [5, 5.41) is 7.82. The summed E-state index contributed by atoms with van der Waals surface area (Å²) in [7, 11) is 0. The van der Waals surface area contributed by atoms with Gasteiger partial charge in [0, 0.05) is 30.1 Å². The molecule has 1 aromatic carbocycles. The molecule has 2 N–H and O–H groups in total. The highest BCUT2D eigenvalue weighted by Crippen LogP contribution is 2.20. The van der Waals surface area contributed by atoms with Crippen molar-refractivity contribution in [2.24, 2.45) is 5.92 Å². The molecule has 1 fully saturated rings. The zero-order valence-corrected chi connectivity index (χ0v) is 17.5. The predicted molar refractivity (Wildman–Crippen MR) is 114 cm³/mol. The molecule has 1 unspecified atom stereocenters. The van der Waals surface area contributed by atoms with Crippen molar-refractivity contribution in [2.75, 3.05) is 26.2 Å². The van der Waals surface area contributed by atoms with E-state index in [1.807, 2.05) is 32.0 Å². The van der Waals surface area contributed by atoms with E-state index in [4.69, 9.17) is 0 Å². The fourth-order valence-electron chi connectivity index (χ4n) is 3.77. The SMILES string of the molecule is Cc1cc(C)cc(C(=O)NCC(=O)NCC2CCCN(Cc3cccs3)C2)c1. The molecule has 150 valence electrons. The Kier molecular flexibility index (Phi) is 7.23. The van der Waals surface area contributed by atoms with Crippen LogP contribution >= 0.6 is 11.3 Å². The molecule has 1 aliphatic rings. The predicted octanol–water partition coefficient (Wildman–Crippen LogP) is 3.12. The van der Waals surface area contributed by atoms with E-state index < -0.39 is 0 Å². The molecule has 28 heavy (non-hydrogen) atoms. The molecule has 0 saturated carbocycles. The van der Waals surface area contributed by atoms with Crippen molar-refractivity contribution in [2.45, 2.75) is 33.2 Å². The first-order valence-corrected chi connectivity index (χ1v) is 10.8. The molecule has 5 nitrogen and oxygen atoms in total. The molecular formula is C22H29N3O2S. The highest BCUT2D eigenvalue weighted by Gasteiger charge is 2.20. The number of thiophene rings is 1. The number of likely N-dealkylation sites (tertiary alicyclic amines) is 1. The molecular weight excluding hydrogens is 370 g/mol. The van der Waals surface area contributed by atoms with Gasteiger partial charge in [-0.1, -0.05) is 23.3 Å². The number of amides is 2. The van der Waals surface area contributed by atoms with Crippen molar-refractivity contribution >= 4 is 23.2 Å². The van der Waals surface area contributed by atoms with Crippen LogP contribution in [0, 0.1) is 19.8 Å². The summed E-state index contributed by atoms with van der Waals surface area (Å²) in [5.74, 6) is 0.127. The minimum Gasteiger partial charge on any atom is -0.354 e. The summed E-state index contributed by atoms with van der Waals surface area (Å²) in [6.45, 7) is 7.72. The van der Waals surface area contributed by atoms with E-state index in [2.05, 4.69) is 33.0 Å². The average molecular weight is 400 g/mol. The van der Waals surface area contributed by atoms with Crippen molar-refractivity contribution in [1.29, 1.82) is 0 Å². The Bertz CT molecular complexity index is 784. The third kappa shape index (κ3) is 6.17. The fourth-order valence-corrected chi connectivity index (χ4v) is 4.52. The van der Waals surface area contributed by atoms with Gasteiger partial charge in [-0.3, -0.25) is 14.5 Å². The molecule has 1 aliphatic heterocycles. The number of piperidine rings is 1. The summed E-state index contributed by atoms with van der Waals surface area (Å²) in [4.78, 5) is 28.3. The average Bonchev–Trinajstić information content (AvgIpc) is 3.17. The largest absolute Gasteiger partial charge is 0.354 e. The summed E-state index contributed by atoms with van der Waals surface area (Å²) in [5.41, 5.74) is 2.68. The molecule has 0 spiro atoms. The zero-order chi connectivity index (χ0) is 19.9. The molecule has 3 rings (SSSR count). The van der Waals surface area contributed by atoms with Crippen molar-refractivity contribution < 1.29 is 9.59 Å². The monoisotopic (exact) mass is 399 g/mol. The summed E-state index contributed by atoms with van der Waals surface area (Å²) in [6, 6.07) is 9.97. The Balaban J connectivity index is 1.39. The van der Waals surface area contributed by atoms with Gasteiger partial charge in [0.25, 0.3) is 5.91 Å². The van der Waals surface area contributed by atoms with Gasteiger partial charge >= 0.3 is 0 Å². The molecule has 0 aliphatic carbocycles. The molecule has 2 aromatic rings. The highest BCUT2D eigenvalue weighted by molar-refractivity contribution is 7.09. The van der Waals surface area contributed by atoms with Crippen LogP contribution in [0.2, 0.25) is 0 Å². The third-order valence-corrected chi connectivity index (χ3v) is 5.91. The van der Waals surface area contributed by atoms with Crippen LogP contribution in [-0.4, -0.2) is 42.9 Å². The van der Waals surface area contributed by atoms with Crippen LogP contribution in [0.25, 0.3) is 0 Å². The molecule has 0 bridgehead atoms. The summed E-state index contributed by atoms with van der Waals surface area (Å²) in [6.07, 6.45) is 2.30. The third-order valence-electron chi connectivity index (χ3n) is 5.04. The topological polar surface area (TPSA) is 61.4 Å². The first-order valence-electron chi connectivity index (χ1n) is 9.87. The number of hydrogen-bond donors (Lipinski definition) is 2. The smallest absolute Gasteiger partial charge is 0.251 e. The lowest BCUT2D eigenvalue weighted by Gasteiger charge is -2.32. The number of hydrogen-bond acceptors (Lipinski definition) is 4. The van der Waals surface area contributed by atoms with E-state index in [1.54, 1.807) is 11.3 Å². The second-order valence-electron chi connectivity index (χ2n) is 7.69. The number of nitrogens with one attached hydrogen (secondary N) is 2. The van der Waals surface area contributed by atoms with Crippen molar-refractivity contribution in [3.8, 4) is 0 Å². The molecule has 1 atom stereocenters. The van der Waals surface area contributed by atoms with Crippen molar-refractivity contribution in [3.63, 3.8) is 0 Å². The summed E-state index contributed by atoms with van der Waals surface area (Å²) >= 11 is 1.79. The Morgan fingerprint density at radius 2 is 1.96 bits per heavy atom. The number of aryl methyl sites for hydroxylation is 2. The number of rotatable bonds is 7. The second-order valence-corrected chi connectivity index (χ2v) is 8.72. The van der Waals surface area contributed by atoms with Crippen LogP contribution in [0.3, 0.4) is 0 Å². The van der Waals surface area contributed by atoms with E-state index in [1.165, 1.54) is 4.88 Å². The van der Waals surface area contributed by atoms with Gasteiger partial charge in [0.15, 0.2) is 0 Å². The van der Waals surface area contributed by atoms with Gasteiger partial charge in [-0.2, -0.15) is 0 Å².